The van der Waals surface area contributed by atoms with Crippen molar-refractivity contribution in [3.05, 3.63) is 69.2 Å². The molecule has 2 aromatic rings. The summed E-state index contributed by atoms with van der Waals surface area (Å²) in [5.74, 6) is -0.441. The van der Waals surface area contributed by atoms with E-state index in [1.54, 1.807) is 24.3 Å². The van der Waals surface area contributed by atoms with Crippen LogP contribution in [0.2, 0.25) is 5.02 Å². The molecule has 2 rings (SSSR count). The van der Waals surface area contributed by atoms with E-state index in [9.17, 15) is 9.90 Å². The molecule has 0 aliphatic rings. The van der Waals surface area contributed by atoms with Crippen molar-refractivity contribution in [3.8, 4) is 0 Å². The van der Waals surface area contributed by atoms with Gasteiger partial charge in [-0.2, -0.15) is 0 Å². The summed E-state index contributed by atoms with van der Waals surface area (Å²) in [6.07, 6.45) is -1.97. The molecule has 3 N–H and O–H groups in total. The predicted octanol–water partition coefficient (Wildman–Crippen LogP) is 4.19. The van der Waals surface area contributed by atoms with E-state index >= 15 is 0 Å². The van der Waals surface area contributed by atoms with Gasteiger partial charge in [0.15, 0.2) is 0 Å². The van der Waals surface area contributed by atoms with Gasteiger partial charge in [-0.25, -0.2) is 4.79 Å². The monoisotopic (exact) mass is 383 g/mol. The van der Waals surface area contributed by atoms with Crippen molar-refractivity contribution in [2.75, 3.05) is 6.54 Å². The Kier molecular flexibility index (Phi) is 5.83. The number of benzene rings is 2. The maximum atomic E-state index is 10.8. The largest absolute Gasteiger partial charge is 0.465 e. The van der Waals surface area contributed by atoms with Crippen LogP contribution in [0.1, 0.15) is 23.1 Å². The number of carbonyl (C=O) groups is 1. The quantitative estimate of drug-likeness (QED) is 0.724. The third kappa shape index (κ3) is 4.22. The lowest BCUT2D eigenvalue weighted by molar-refractivity contribution is 0.140. The predicted molar refractivity (Wildman–Crippen MR) is 89.3 cm³/mol. The summed E-state index contributed by atoms with van der Waals surface area (Å²) in [4.78, 5) is 10.8. The van der Waals surface area contributed by atoms with Gasteiger partial charge in [0.1, 0.15) is 0 Å². The van der Waals surface area contributed by atoms with Crippen molar-refractivity contribution in [1.82, 2.24) is 5.32 Å². The molecule has 2 unspecified atom stereocenters. The maximum absolute atomic E-state index is 10.8. The minimum Gasteiger partial charge on any atom is -0.465 e. The molecular weight excluding hydrogens is 370 g/mol. The Labute approximate surface area is 141 Å². The van der Waals surface area contributed by atoms with Gasteiger partial charge < -0.3 is 15.5 Å². The van der Waals surface area contributed by atoms with Crippen molar-refractivity contribution < 1.29 is 15.0 Å². The fourth-order valence-corrected chi connectivity index (χ4v) is 2.67. The van der Waals surface area contributed by atoms with Gasteiger partial charge >= 0.3 is 6.09 Å². The highest BCUT2D eigenvalue weighted by molar-refractivity contribution is 9.10. The molecule has 22 heavy (non-hydrogen) atoms. The van der Waals surface area contributed by atoms with Crippen molar-refractivity contribution in [1.29, 1.82) is 0 Å². The lowest BCUT2D eigenvalue weighted by Crippen LogP contribution is -2.29. The first-order valence-electron chi connectivity index (χ1n) is 6.64. The molecule has 116 valence electrons. The zero-order valence-corrected chi connectivity index (χ0v) is 13.9. The molecule has 0 aromatic heterocycles. The molecule has 0 bridgehead atoms. The molecule has 0 aliphatic heterocycles. The van der Waals surface area contributed by atoms with Crippen LogP contribution in [-0.2, 0) is 0 Å². The SMILES string of the molecule is O=C(O)NCC(c1ccc(Br)c(Cl)c1)C(O)c1ccccc1. The molecule has 0 saturated carbocycles. The Hall–Kier alpha value is -1.56. The second-order valence-electron chi connectivity index (χ2n) is 4.82. The molecule has 0 fully saturated rings. The van der Waals surface area contributed by atoms with Gasteiger partial charge in [0.2, 0.25) is 0 Å². The topological polar surface area (TPSA) is 69.6 Å². The summed E-state index contributed by atoms with van der Waals surface area (Å²) in [6, 6.07) is 14.4. The molecule has 0 aliphatic carbocycles. The van der Waals surface area contributed by atoms with E-state index in [1.807, 2.05) is 24.3 Å². The number of hydrogen-bond acceptors (Lipinski definition) is 2. The first-order valence-corrected chi connectivity index (χ1v) is 7.81. The van der Waals surface area contributed by atoms with E-state index < -0.39 is 18.1 Å². The molecule has 2 atom stereocenters. The second kappa shape index (κ2) is 7.63. The van der Waals surface area contributed by atoms with Gasteiger partial charge in [0, 0.05) is 16.9 Å². The lowest BCUT2D eigenvalue weighted by Gasteiger charge is -2.24. The van der Waals surface area contributed by atoms with Crippen LogP contribution in [0, 0.1) is 0 Å². The van der Waals surface area contributed by atoms with Crippen LogP contribution < -0.4 is 5.32 Å². The van der Waals surface area contributed by atoms with Crippen LogP contribution in [0.4, 0.5) is 4.79 Å². The van der Waals surface area contributed by atoms with Gasteiger partial charge in [-0.05, 0) is 39.2 Å². The van der Waals surface area contributed by atoms with Gasteiger partial charge in [0.25, 0.3) is 0 Å². The Morgan fingerprint density at radius 3 is 2.45 bits per heavy atom. The van der Waals surface area contributed by atoms with E-state index in [1.165, 1.54) is 0 Å². The molecule has 0 heterocycles. The van der Waals surface area contributed by atoms with E-state index in [-0.39, 0.29) is 6.54 Å². The summed E-state index contributed by atoms with van der Waals surface area (Å²) in [7, 11) is 0. The molecule has 6 heteroatoms. The van der Waals surface area contributed by atoms with E-state index in [0.29, 0.717) is 5.02 Å². The Morgan fingerprint density at radius 2 is 1.86 bits per heavy atom. The van der Waals surface area contributed by atoms with Crippen LogP contribution in [0.5, 0.6) is 0 Å². The van der Waals surface area contributed by atoms with Crippen molar-refractivity contribution in [2.24, 2.45) is 0 Å². The lowest BCUT2D eigenvalue weighted by atomic mass is 9.89. The summed E-state index contributed by atoms with van der Waals surface area (Å²) >= 11 is 9.42. The fourth-order valence-electron chi connectivity index (χ4n) is 2.23. The molecule has 0 radical (unpaired) electrons. The standard InChI is InChI=1S/C16H15BrClNO3/c17-13-7-6-11(8-14(13)18)12(9-19-16(21)22)15(20)10-4-2-1-3-5-10/h1-8,12,15,19-20H,9H2,(H,21,22). The summed E-state index contributed by atoms with van der Waals surface area (Å²) in [5, 5.41) is 22.3. The van der Waals surface area contributed by atoms with E-state index in [0.717, 1.165) is 15.6 Å². The minimum atomic E-state index is -1.13. The smallest absolute Gasteiger partial charge is 0.404 e. The second-order valence-corrected chi connectivity index (χ2v) is 6.08. The van der Waals surface area contributed by atoms with Crippen LogP contribution >= 0.6 is 27.5 Å². The summed E-state index contributed by atoms with van der Waals surface area (Å²) in [5.41, 5.74) is 1.48. The number of nitrogens with one attached hydrogen (secondary N) is 1. The third-order valence-corrected chi connectivity index (χ3v) is 4.60. The first-order chi connectivity index (χ1) is 10.5. The number of rotatable bonds is 5. The van der Waals surface area contributed by atoms with Crippen LogP contribution in [0.25, 0.3) is 0 Å². The Balaban J connectivity index is 2.33. The number of hydrogen-bond donors (Lipinski definition) is 3. The molecule has 0 spiro atoms. The molecule has 0 saturated heterocycles. The highest BCUT2D eigenvalue weighted by Gasteiger charge is 2.24. The summed E-state index contributed by atoms with van der Waals surface area (Å²) < 4.78 is 0.747. The average Bonchev–Trinajstić information content (AvgIpc) is 2.51. The maximum Gasteiger partial charge on any atom is 0.404 e. The number of aliphatic hydroxyl groups excluding tert-OH is 1. The highest BCUT2D eigenvalue weighted by Crippen LogP contribution is 2.33. The van der Waals surface area contributed by atoms with E-state index in [2.05, 4.69) is 21.2 Å². The van der Waals surface area contributed by atoms with Crippen LogP contribution in [0.15, 0.2) is 53.0 Å². The third-order valence-electron chi connectivity index (χ3n) is 3.37. The van der Waals surface area contributed by atoms with Gasteiger partial charge in [-0.15, -0.1) is 0 Å². The Bertz CT molecular complexity index is 651. The van der Waals surface area contributed by atoms with Crippen molar-refractivity contribution in [2.45, 2.75) is 12.0 Å². The molecule has 4 nitrogen and oxygen atoms in total. The zero-order chi connectivity index (χ0) is 16.1. The van der Waals surface area contributed by atoms with Crippen molar-refractivity contribution >= 4 is 33.6 Å². The number of carboxylic acid groups (broad SMARTS) is 1. The van der Waals surface area contributed by atoms with Gasteiger partial charge in [0.05, 0.1) is 11.1 Å². The molecule has 2 aromatic carbocycles. The number of amides is 1. The minimum absolute atomic E-state index is 0.0867. The van der Waals surface area contributed by atoms with E-state index in [4.69, 9.17) is 16.7 Å². The molecular formula is C16H15BrClNO3. The van der Waals surface area contributed by atoms with Gasteiger partial charge in [-0.1, -0.05) is 48.0 Å². The number of halogens is 2. The molecule has 1 amide bonds. The summed E-state index contributed by atoms with van der Waals surface area (Å²) in [6.45, 7) is 0.0867. The first kappa shape index (κ1) is 16.8. The number of aliphatic hydroxyl groups is 1. The zero-order valence-electron chi connectivity index (χ0n) is 11.5. The van der Waals surface area contributed by atoms with Crippen molar-refractivity contribution in [3.63, 3.8) is 0 Å². The highest BCUT2D eigenvalue weighted by atomic mass is 79.9. The van der Waals surface area contributed by atoms with Crippen LogP contribution in [-0.4, -0.2) is 22.9 Å². The fraction of sp³-hybridized carbons (Fsp3) is 0.188. The van der Waals surface area contributed by atoms with Crippen LogP contribution in [0.3, 0.4) is 0 Å². The van der Waals surface area contributed by atoms with Gasteiger partial charge in [-0.3, -0.25) is 0 Å². The average molecular weight is 385 g/mol. The normalized spacial score (nSPS) is 13.4. The Morgan fingerprint density at radius 1 is 1.18 bits per heavy atom.